The van der Waals surface area contributed by atoms with Gasteiger partial charge in [0, 0.05) is 6.42 Å². The zero-order valence-corrected chi connectivity index (χ0v) is 15.8. The van der Waals surface area contributed by atoms with Crippen LogP contribution in [0.5, 0.6) is 5.75 Å². The summed E-state index contributed by atoms with van der Waals surface area (Å²) in [7, 11) is -2.63. The summed E-state index contributed by atoms with van der Waals surface area (Å²) in [6.07, 6.45) is 0.125. The number of benzene rings is 2. The maximum absolute atomic E-state index is 12.9. The number of aryl methyl sites for hydroxylation is 1. The lowest BCUT2D eigenvalue weighted by Gasteiger charge is -2.24. The number of carbonyl (C=O) groups is 2. The first-order valence-corrected chi connectivity index (χ1v) is 9.86. The van der Waals surface area contributed by atoms with E-state index >= 15 is 0 Å². The van der Waals surface area contributed by atoms with E-state index in [-0.39, 0.29) is 17.7 Å². The SMILES string of the molecule is COc1ccc(C)cc1NC(=O)C1CCC(=O)N1S(=O)(=O)c1ccccc1. The smallest absolute Gasteiger partial charge is 0.267 e. The van der Waals surface area contributed by atoms with Crippen molar-refractivity contribution in [2.45, 2.75) is 30.7 Å². The first kappa shape index (κ1) is 18.9. The Kier molecular flexibility index (Phi) is 5.18. The molecule has 1 fully saturated rings. The maximum Gasteiger partial charge on any atom is 0.267 e. The second-order valence-electron chi connectivity index (χ2n) is 6.26. The lowest BCUT2D eigenvalue weighted by molar-refractivity contribution is -0.128. The van der Waals surface area contributed by atoms with Gasteiger partial charge in [0.1, 0.15) is 11.8 Å². The third-order valence-electron chi connectivity index (χ3n) is 4.38. The van der Waals surface area contributed by atoms with E-state index in [0.29, 0.717) is 15.7 Å². The third-order valence-corrected chi connectivity index (χ3v) is 6.22. The van der Waals surface area contributed by atoms with Crippen molar-refractivity contribution in [3.05, 3.63) is 54.1 Å². The number of hydrogen-bond donors (Lipinski definition) is 1. The van der Waals surface area contributed by atoms with Crippen LogP contribution in [0.3, 0.4) is 0 Å². The van der Waals surface area contributed by atoms with E-state index < -0.39 is 27.9 Å². The van der Waals surface area contributed by atoms with Gasteiger partial charge >= 0.3 is 0 Å². The van der Waals surface area contributed by atoms with Crippen molar-refractivity contribution in [2.75, 3.05) is 12.4 Å². The van der Waals surface area contributed by atoms with E-state index in [1.54, 1.807) is 30.3 Å². The summed E-state index contributed by atoms with van der Waals surface area (Å²) in [6, 6.07) is 11.8. The highest BCUT2D eigenvalue weighted by molar-refractivity contribution is 7.89. The Morgan fingerprint density at radius 2 is 1.89 bits per heavy atom. The Bertz CT molecular complexity index is 973. The average Bonchev–Trinajstić information content (AvgIpc) is 3.05. The first-order valence-electron chi connectivity index (χ1n) is 8.42. The Morgan fingerprint density at radius 1 is 1.19 bits per heavy atom. The molecular weight excluding hydrogens is 368 g/mol. The average molecular weight is 388 g/mol. The second kappa shape index (κ2) is 7.40. The first-order chi connectivity index (χ1) is 12.8. The number of carbonyl (C=O) groups excluding carboxylic acids is 2. The highest BCUT2D eigenvalue weighted by Gasteiger charge is 2.44. The summed E-state index contributed by atoms with van der Waals surface area (Å²) < 4.78 is 31.7. The number of nitrogens with one attached hydrogen (secondary N) is 1. The number of amides is 2. The van der Waals surface area contributed by atoms with Crippen LogP contribution >= 0.6 is 0 Å². The van der Waals surface area contributed by atoms with E-state index in [1.165, 1.54) is 19.2 Å². The van der Waals surface area contributed by atoms with Crippen molar-refractivity contribution in [1.29, 1.82) is 0 Å². The van der Waals surface area contributed by atoms with Crippen LogP contribution in [0, 0.1) is 6.92 Å². The molecule has 2 aromatic rings. The largest absolute Gasteiger partial charge is 0.495 e. The van der Waals surface area contributed by atoms with Gasteiger partial charge in [-0.1, -0.05) is 24.3 Å². The number of methoxy groups -OCH3 is 1. The third kappa shape index (κ3) is 3.66. The summed E-state index contributed by atoms with van der Waals surface area (Å²) in [5, 5.41) is 2.70. The highest BCUT2D eigenvalue weighted by Crippen LogP contribution is 2.30. The summed E-state index contributed by atoms with van der Waals surface area (Å²) in [4.78, 5) is 25.1. The van der Waals surface area contributed by atoms with Crippen LogP contribution in [0.2, 0.25) is 0 Å². The van der Waals surface area contributed by atoms with Gasteiger partial charge in [-0.3, -0.25) is 9.59 Å². The van der Waals surface area contributed by atoms with E-state index in [2.05, 4.69) is 5.32 Å². The van der Waals surface area contributed by atoms with Gasteiger partial charge in [0.2, 0.25) is 11.8 Å². The zero-order valence-electron chi connectivity index (χ0n) is 15.0. The van der Waals surface area contributed by atoms with Crippen LogP contribution in [0.1, 0.15) is 18.4 Å². The summed E-state index contributed by atoms with van der Waals surface area (Å²) in [5.74, 6) is -0.699. The lowest BCUT2D eigenvalue weighted by Crippen LogP contribution is -2.45. The van der Waals surface area contributed by atoms with Crippen molar-refractivity contribution >= 4 is 27.5 Å². The van der Waals surface area contributed by atoms with Gasteiger partial charge in [-0.2, -0.15) is 0 Å². The number of hydrogen-bond acceptors (Lipinski definition) is 5. The van der Waals surface area contributed by atoms with Gasteiger partial charge in [0.25, 0.3) is 10.0 Å². The minimum atomic E-state index is -4.11. The van der Waals surface area contributed by atoms with Crippen LogP contribution in [0.25, 0.3) is 0 Å². The van der Waals surface area contributed by atoms with Gasteiger partial charge in [-0.15, -0.1) is 0 Å². The normalized spacial score (nSPS) is 17.0. The number of nitrogens with zero attached hydrogens (tertiary/aromatic N) is 1. The Labute approximate surface area is 158 Å². The van der Waals surface area contributed by atoms with Crippen molar-refractivity contribution < 1.29 is 22.7 Å². The summed E-state index contributed by atoms with van der Waals surface area (Å²) >= 11 is 0. The van der Waals surface area contributed by atoms with Crippen LogP contribution in [-0.4, -0.2) is 37.7 Å². The second-order valence-corrected chi connectivity index (χ2v) is 8.07. The molecule has 1 aliphatic heterocycles. The molecule has 27 heavy (non-hydrogen) atoms. The molecule has 142 valence electrons. The van der Waals surface area contributed by atoms with Gasteiger partial charge < -0.3 is 10.1 Å². The molecular formula is C19H20N2O5S. The molecule has 1 atom stereocenters. The van der Waals surface area contributed by atoms with E-state index in [4.69, 9.17) is 4.74 Å². The quantitative estimate of drug-likeness (QED) is 0.849. The molecule has 3 rings (SSSR count). The van der Waals surface area contributed by atoms with Crippen LogP contribution in [-0.2, 0) is 19.6 Å². The summed E-state index contributed by atoms with van der Waals surface area (Å²) in [6.45, 7) is 1.86. The van der Waals surface area contributed by atoms with Gasteiger partial charge in [0.05, 0.1) is 17.7 Å². The molecule has 0 aliphatic carbocycles. The van der Waals surface area contributed by atoms with E-state index in [0.717, 1.165) is 5.56 Å². The standard InChI is InChI=1S/C19H20N2O5S/c1-13-8-10-17(26-2)15(12-13)20-19(23)16-9-11-18(22)21(16)27(24,25)14-6-4-3-5-7-14/h3-8,10,12,16H,9,11H2,1-2H3,(H,20,23). The van der Waals surface area contributed by atoms with E-state index in [1.807, 2.05) is 13.0 Å². The van der Waals surface area contributed by atoms with Crippen molar-refractivity contribution in [3.63, 3.8) is 0 Å². The van der Waals surface area contributed by atoms with Crippen molar-refractivity contribution in [2.24, 2.45) is 0 Å². The highest BCUT2D eigenvalue weighted by atomic mass is 32.2. The molecule has 0 aromatic heterocycles. The monoisotopic (exact) mass is 388 g/mol. The van der Waals surface area contributed by atoms with E-state index in [9.17, 15) is 18.0 Å². The molecule has 8 heteroatoms. The fourth-order valence-electron chi connectivity index (χ4n) is 3.04. The molecule has 0 spiro atoms. The Balaban J connectivity index is 1.91. The summed E-state index contributed by atoms with van der Waals surface area (Å²) in [5.41, 5.74) is 1.33. The van der Waals surface area contributed by atoms with Gasteiger partial charge in [-0.05, 0) is 43.2 Å². The van der Waals surface area contributed by atoms with Crippen molar-refractivity contribution in [3.8, 4) is 5.75 Å². The van der Waals surface area contributed by atoms with Gasteiger partial charge in [-0.25, -0.2) is 12.7 Å². The van der Waals surface area contributed by atoms with Crippen LogP contribution in [0.15, 0.2) is 53.4 Å². The number of sulfonamides is 1. The molecule has 1 unspecified atom stereocenters. The number of ether oxygens (including phenoxy) is 1. The predicted octanol–water partition coefficient (Wildman–Crippen LogP) is 2.32. The Morgan fingerprint density at radius 3 is 2.56 bits per heavy atom. The Hall–Kier alpha value is -2.87. The minimum absolute atomic E-state index is 0.00486. The van der Waals surface area contributed by atoms with Crippen LogP contribution < -0.4 is 10.1 Å². The fourth-order valence-corrected chi connectivity index (χ4v) is 4.67. The molecule has 0 radical (unpaired) electrons. The number of anilines is 1. The van der Waals surface area contributed by atoms with Crippen molar-refractivity contribution in [1.82, 2.24) is 4.31 Å². The molecule has 1 aliphatic rings. The fraction of sp³-hybridized carbons (Fsp3) is 0.263. The predicted molar refractivity (Wildman–Crippen MR) is 99.9 cm³/mol. The molecule has 2 aromatic carbocycles. The topological polar surface area (TPSA) is 92.8 Å². The molecule has 1 saturated heterocycles. The minimum Gasteiger partial charge on any atom is -0.495 e. The number of rotatable bonds is 5. The van der Waals surface area contributed by atoms with Crippen LogP contribution in [0.4, 0.5) is 5.69 Å². The molecule has 1 heterocycles. The van der Waals surface area contributed by atoms with Gasteiger partial charge in [0.15, 0.2) is 0 Å². The maximum atomic E-state index is 12.9. The molecule has 7 nitrogen and oxygen atoms in total. The molecule has 0 bridgehead atoms. The zero-order chi connectivity index (χ0) is 19.6. The molecule has 2 amide bonds. The lowest BCUT2D eigenvalue weighted by atomic mass is 10.1. The molecule has 0 saturated carbocycles. The molecule has 1 N–H and O–H groups in total.